The molecule has 96 valence electrons. The monoisotopic (exact) mass is 256 g/mol. The van der Waals surface area contributed by atoms with Gasteiger partial charge in [0.15, 0.2) is 0 Å². The Balaban J connectivity index is 2.09. The molecule has 0 saturated carbocycles. The van der Waals surface area contributed by atoms with Gasteiger partial charge >= 0.3 is 6.18 Å². The highest BCUT2D eigenvalue weighted by Crippen LogP contribution is 2.31. The van der Waals surface area contributed by atoms with Gasteiger partial charge in [-0.3, -0.25) is 0 Å². The zero-order valence-corrected chi connectivity index (χ0v) is 9.61. The molecule has 6 heteroatoms. The summed E-state index contributed by atoms with van der Waals surface area (Å²) in [6.45, 7) is 0.130. The van der Waals surface area contributed by atoms with Crippen LogP contribution in [0.1, 0.15) is 11.4 Å². The lowest BCUT2D eigenvalue weighted by Gasteiger charge is -2.10. The van der Waals surface area contributed by atoms with Crippen molar-refractivity contribution in [3.8, 4) is 5.75 Å². The normalized spacial score (nSPS) is 11.6. The van der Waals surface area contributed by atoms with Gasteiger partial charge in [-0.15, -0.1) is 0 Å². The zero-order valence-electron chi connectivity index (χ0n) is 9.61. The van der Waals surface area contributed by atoms with Crippen molar-refractivity contribution in [1.29, 1.82) is 0 Å². The summed E-state index contributed by atoms with van der Waals surface area (Å²) in [6.07, 6.45) is -1.02. The second kappa shape index (κ2) is 4.72. The molecule has 0 amide bonds. The molecule has 2 rings (SSSR count). The van der Waals surface area contributed by atoms with E-state index in [4.69, 9.17) is 4.74 Å². The first-order chi connectivity index (χ1) is 8.47. The molecule has 0 fully saturated rings. The van der Waals surface area contributed by atoms with Gasteiger partial charge < -0.3 is 9.30 Å². The number of aryl methyl sites for hydroxylation is 1. The topological polar surface area (TPSA) is 27.1 Å². The van der Waals surface area contributed by atoms with Crippen LogP contribution in [0.25, 0.3) is 0 Å². The van der Waals surface area contributed by atoms with Crippen LogP contribution in [0.2, 0.25) is 0 Å². The quantitative estimate of drug-likeness (QED) is 0.844. The third-order valence-electron chi connectivity index (χ3n) is 2.45. The molecular weight excluding hydrogens is 245 g/mol. The summed E-state index contributed by atoms with van der Waals surface area (Å²) in [7, 11) is 1.79. The number of benzene rings is 1. The SMILES string of the molecule is Cn1ccnc1COc1cccc(C(F)(F)F)c1. The summed E-state index contributed by atoms with van der Waals surface area (Å²) in [5, 5.41) is 0. The molecule has 1 aromatic heterocycles. The minimum atomic E-state index is -4.36. The van der Waals surface area contributed by atoms with E-state index in [1.165, 1.54) is 12.1 Å². The first-order valence-corrected chi connectivity index (χ1v) is 5.23. The van der Waals surface area contributed by atoms with E-state index in [1.807, 2.05) is 0 Å². The Morgan fingerprint density at radius 1 is 1.33 bits per heavy atom. The molecule has 0 spiro atoms. The van der Waals surface area contributed by atoms with Crippen molar-refractivity contribution in [3.63, 3.8) is 0 Å². The van der Waals surface area contributed by atoms with Gasteiger partial charge in [-0.2, -0.15) is 13.2 Å². The molecule has 0 saturated heterocycles. The number of alkyl halides is 3. The first-order valence-electron chi connectivity index (χ1n) is 5.23. The average molecular weight is 256 g/mol. The van der Waals surface area contributed by atoms with Crippen LogP contribution in [0, 0.1) is 0 Å². The molecule has 0 aliphatic rings. The number of rotatable bonds is 3. The van der Waals surface area contributed by atoms with Crippen molar-refractivity contribution in [1.82, 2.24) is 9.55 Å². The Hall–Kier alpha value is -1.98. The standard InChI is InChI=1S/C12H11F3N2O/c1-17-6-5-16-11(17)8-18-10-4-2-3-9(7-10)12(13,14)15/h2-7H,8H2,1H3. The molecule has 1 heterocycles. The number of hydrogen-bond acceptors (Lipinski definition) is 2. The van der Waals surface area contributed by atoms with Crippen LogP contribution in [0.5, 0.6) is 5.75 Å². The van der Waals surface area contributed by atoms with Gasteiger partial charge in [0, 0.05) is 19.4 Å². The highest BCUT2D eigenvalue weighted by atomic mass is 19.4. The van der Waals surface area contributed by atoms with Crippen molar-refractivity contribution in [2.75, 3.05) is 0 Å². The lowest BCUT2D eigenvalue weighted by atomic mass is 10.2. The maximum atomic E-state index is 12.5. The number of halogens is 3. The van der Waals surface area contributed by atoms with Gasteiger partial charge in [-0.25, -0.2) is 4.98 Å². The first kappa shape index (κ1) is 12.5. The Bertz CT molecular complexity index is 534. The van der Waals surface area contributed by atoms with Crippen LogP contribution in [-0.2, 0) is 19.8 Å². The molecule has 18 heavy (non-hydrogen) atoms. The molecule has 0 unspecified atom stereocenters. The van der Waals surface area contributed by atoms with E-state index in [0.29, 0.717) is 5.82 Å². The average Bonchev–Trinajstić information content (AvgIpc) is 2.72. The Morgan fingerprint density at radius 2 is 2.11 bits per heavy atom. The molecular formula is C12H11F3N2O. The van der Waals surface area contributed by atoms with Gasteiger partial charge in [-0.1, -0.05) is 6.07 Å². The number of aromatic nitrogens is 2. The maximum Gasteiger partial charge on any atom is 0.416 e. The van der Waals surface area contributed by atoms with Crippen molar-refractivity contribution in [3.05, 3.63) is 48.0 Å². The van der Waals surface area contributed by atoms with Gasteiger partial charge in [0.05, 0.1) is 5.56 Å². The molecule has 0 radical (unpaired) electrons. The lowest BCUT2D eigenvalue weighted by Crippen LogP contribution is -2.06. The van der Waals surface area contributed by atoms with E-state index in [9.17, 15) is 13.2 Å². The van der Waals surface area contributed by atoms with E-state index in [0.717, 1.165) is 12.1 Å². The van der Waals surface area contributed by atoms with E-state index in [-0.39, 0.29) is 12.4 Å². The third kappa shape index (κ3) is 2.82. The van der Waals surface area contributed by atoms with E-state index >= 15 is 0 Å². The number of imidazole rings is 1. The Kier molecular flexibility index (Phi) is 3.27. The smallest absolute Gasteiger partial charge is 0.416 e. The molecule has 0 aliphatic heterocycles. The maximum absolute atomic E-state index is 12.5. The summed E-state index contributed by atoms with van der Waals surface area (Å²) < 4.78 is 44.4. The zero-order chi connectivity index (χ0) is 13.2. The summed E-state index contributed by atoms with van der Waals surface area (Å²) in [6, 6.07) is 4.78. The number of hydrogen-bond donors (Lipinski definition) is 0. The fourth-order valence-electron chi connectivity index (χ4n) is 1.45. The van der Waals surface area contributed by atoms with Crippen LogP contribution in [0.3, 0.4) is 0 Å². The predicted octanol–water partition coefficient (Wildman–Crippen LogP) is 3.02. The molecule has 0 atom stereocenters. The van der Waals surface area contributed by atoms with Crippen molar-refractivity contribution in [2.24, 2.45) is 7.05 Å². The highest BCUT2D eigenvalue weighted by Gasteiger charge is 2.30. The highest BCUT2D eigenvalue weighted by molar-refractivity contribution is 5.30. The van der Waals surface area contributed by atoms with Crippen LogP contribution in [0.15, 0.2) is 36.7 Å². The van der Waals surface area contributed by atoms with Gasteiger partial charge in [-0.05, 0) is 18.2 Å². The minimum absolute atomic E-state index is 0.130. The second-order valence-electron chi connectivity index (χ2n) is 3.77. The van der Waals surface area contributed by atoms with Gasteiger partial charge in [0.25, 0.3) is 0 Å². The molecule has 3 nitrogen and oxygen atoms in total. The van der Waals surface area contributed by atoms with Crippen LogP contribution in [0.4, 0.5) is 13.2 Å². The summed E-state index contributed by atoms with van der Waals surface area (Å²) in [4.78, 5) is 4.02. The Labute approximate surface area is 102 Å². The number of nitrogens with zero attached hydrogens (tertiary/aromatic N) is 2. The summed E-state index contributed by atoms with van der Waals surface area (Å²) >= 11 is 0. The fourth-order valence-corrected chi connectivity index (χ4v) is 1.45. The van der Waals surface area contributed by atoms with Gasteiger partial charge in [0.1, 0.15) is 18.2 Å². The molecule has 1 aromatic carbocycles. The van der Waals surface area contributed by atoms with Crippen LogP contribution >= 0.6 is 0 Å². The fraction of sp³-hybridized carbons (Fsp3) is 0.250. The summed E-state index contributed by atoms with van der Waals surface area (Å²) in [5.74, 6) is 0.820. The van der Waals surface area contributed by atoms with Gasteiger partial charge in [0.2, 0.25) is 0 Å². The Morgan fingerprint density at radius 3 is 2.72 bits per heavy atom. The van der Waals surface area contributed by atoms with E-state index < -0.39 is 11.7 Å². The predicted molar refractivity (Wildman–Crippen MR) is 59.0 cm³/mol. The molecule has 0 N–H and O–H groups in total. The summed E-state index contributed by atoms with van der Waals surface area (Å²) in [5.41, 5.74) is -0.722. The second-order valence-corrected chi connectivity index (χ2v) is 3.77. The number of ether oxygens (including phenoxy) is 1. The van der Waals surface area contributed by atoms with Crippen molar-refractivity contribution in [2.45, 2.75) is 12.8 Å². The van der Waals surface area contributed by atoms with E-state index in [2.05, 4.69) is 4.98 Å². The van der Waals surface area contributed by atoms with Crippen molar-refractivity contribution < 1.29 is 17.9 Å². The van der Waals surface area contributed by atoms with E-state index in [1.54, 1.807) is 24.0 Å². The van der Waals surface area contributed by atoms with Crippen LogP contribution < -0.4 is 4.74 Å². The largest absolute Gasteiger partial charge is 0.486 e. The lowest BCUT2D eigenvalue weighted by molar-refractivity contribution is -0.137. The van der Waals surface area contributed by atoms with Crippen LogP contribution in [-0.4, -0.2) is 9.55 Å². The molecule has 0 bridgehead atoms. The minimum Gasteiger partial charge on any atom is -0.486 e. The molecule has 0 aliphatic carbocycles. The third-order valence-corrected chi connectivity index (χ3v) is 2.45. The van der Waals surface area contributed by atoms with Crippen molar-refractivity contribution >= 4 is 0 Å². The molecule has 2 aromatic rings.